The Balaban J connectivity index is 3.61. The van der Waals surface area contributed by atoms with Gasteiger partial charge in [0.2, 0.25) is 0 Å². The van der Waals surface area contributed by atoms with Crippen LogP contribution in [-0.2, 0) is 4.74 Å². The van der Waals surface area contributed by atoms with Crippen LogP contribution in [0.5, 0.6) is 0 Å². The number of carbonyl (C=O) groups excluding carboxylic acids is 1. The maximum Gasteiger partial charge on any atom is 0.407 e. The van der Waals surface area contributed by atoms with Gasteiger partial charge < -0.3 is 10.1 Å². The van der Waals surface area contributed by atoms with E-state index < -0.39 is 5.60 Å². The molecule has 3 heteroatoms. The first kappa shape index (κ1) is 15.8. The summed E-state index contributed by atoms with van der Waals surface area (Å²) in [5.41, 5.74) is -0.431. The molecule has 3 nitrogen and oxygen atoms in total. The molecule has 0 aromatic heterocycles. The van der Waals surface area contributed by atoms with Crippen molar-refractivity contribution in [3.05, 3.63) is 24.3 Å². The molecule has 0 fully saturated rings. The zero-order valence-corrected chi connectivity index (χ0v) is 11.6. The van der Waals surface area contributed by atoms with E-state index in [-0.39, 0.29) is 6.09 Å². The molecule has 1 N–H and O–H groups in total. The first-order valence-electron chi connectivity index (χ1n) is 6.11. The summed E-state index contributed by atoms with van der Waals surface area (Å²) in [5.74, 6) is 0.569. The quantitative estimate of drug-likeness (QED) is 0.587. The summed E-state index contributed by atoms with van der Waals surface area (Å²) in [6, 6.07) is 0. The van der Waals surface area contributed by atoms with Gasteiger partial charge in [-0.05, 0) is 33.1 Å². The highest BCUT2D eigenvalue weighted by molar-refractivity contribution is 5.67. The van der Waals surface area contributed by atoms with Crippen LogP contribution in [0.4, 0.5) is 4.79 Å². The minimum Gasteiger partial charge on any atom is -0.444 e. The van der Waals surface area contributed by atoms with Crippen molar-refractivity contribution >= 4 is 6.09 Å². The monoisotopic (exact) mass is 239 g/mol. The summed E-state index contributed by atoms with van der Waals surface area (Å²) >= 11 is 0. The van der Waals surface area contributed by atoms with Gasteiger partial charge in [0.05, 0.1) is 0 Å². The molecule has 98 valence electrons. The van der Waals surface area contributed by atoms with Crippen molar-refractivity contribution in [1.82, 2.24) is 5.32 Å². The zero-order chi connectivity index (χ0) is 13.3. The largest absolute Gasteiger partial charge is 0.444 e. The highest BCUT2D eigenvalue weighted by Crippen LogP contribution is 2.06. The van der Waals surface area contributed by atoms with Crippen LogP contribution in [0.2, 0.25) is 0 Å². The first-order valence-corrected chi connectivity index (χ1v) is 6.11. The third kappa shape index (κ3) is 12.7. The van der Waals surface area contributed by atoms with Gasteiger partial charge >= 0.3 is 6.09 Å². The molecule has 0 radical (unpaired) electrons. The standard InChI is InChI=1S/C14H25NO2/c1-12(2)10-8-6-7-9-11-15-13(16)17-14(3,4)5/h6-8,10,12H,9,11H2,1-5H3,(H,15,16). The molecule has 0 heterocycles. The second kappa shape index (κ2) is 7.93. The normalized spacial score (nSPS) is 12.6. The van der Waals surface area contributed by atoms with E-state index in [0.29, 0.717) is 12.5 Å². The predicted molar refractivity (Wildman–Crippen MR) is 72.0 cm³/mol. The Morgan fingerprint density at radius 1 is 1.29 bits per heavy atom. The average Bonchev–Trinajstić information content (AvgIpc) is 2.12. The smallest absolute Gasteiger partial charge is 0.407 e. The van der Waals surface area contributed by atoms with Crippen molar-refractivity contribution in [3.8, 4) is 0 Å². The van der Waals surface area contributed by atoms with Crippen LogP contribution in [0, 0.1) is 5.92 Å². The summed E-state index contributed by atoms with van der Waals surface area (Å²) in [7, 11) is 0. The van der Waals surface area contributed by atoms with Crippen LogP contribution < -0.4 is 5.32 Å². The fourth-order valence-corrected chi connectivity index (χ4v) is 1.03. The zero-order valence-electron chi connectivity index (χ0n) is 11.6. The van der Waals surface area contributed by atoms with Crippen LogP contribution >= 0.6 is 0 Å². The lowest BCUT2D eigenvalue weighted by Crippen LogP contribution is -2.32. The molecule has 0 aliphatic carbocycles. The fraction of sp³-hybridized carbons (Fsp3) is 0.643. The Bertz CT molecular complexity index is 272. The Labute approximate surface area is 105 Å². The van der Waals surface area contributed by atoms with Gasteiger partial charge in [-0.1, -0.05) is 38.2 Å². The van der Waals surface area contributed by atoms with Gasteiger partial charge in [-0.25, -0.2) is 4.79 Å². The van der Waals surface area contributed by atoms with Crippen molar-refractivity contribution in [3.63, 3.8) is 0 Å². The molecule has 0 atom stereocenters. The molecule has 0 aromatic rings. The first-order chi connectivity index (χ1) is 7.81. The van der Waals surface area contributed by atoms with Crippen molar-refractivity contribution in [2.24, 2.45) is 5.92 Å². The van der Waals surface area contributed by atoms with E-state index >= 15 is 0 Å². The highest BCUT2D eigenvalue weighted by Gasteiger charge is 2.14. The molecule has 0 aliphatic rings. The third-order valence-corrected chi connectivity index (χ3v) is 1.72. The van der Waals surface area contributed by atoms with E-state index in [0.717, 1.165) is 6.42 Å². The van der Waals surface area contributed by atoms with Gasteiger partial charge in [-0.2, -0.15) is 0 Å². The number of alkyl carbamates (subject to hydrolysis) is 1. The fourth-order valence-electron chi connectivity index (χ4n) is 1.03. The van der Waals surface area contributed by atoms with Crippen molar-refractivity contribution in [2.45, 2.75) is 46.6 Å². The van der Waals surface area contributed by atoms with E-state index in [1.165, 1.54) is 0 Å². The Morgan fingerprint density at radius 3 is 2.47 bits per heavy atom. The van der Waals surface area contributed by atoms with Crippen molar-refractivity contribution < 1.29 is 9.53 Å². The molecular formula is C14H25NO2. The van der Waals surface area contributed by atoms with Gasteiger partial charge in [0, 0.05) is 6.54 Å². The molecular weight excluding hydrogens is 214 g/mol. The second-order valence-electron chi connectivity index (χ2n) is 5.27. The average molecular weight is 239 g/mol. The molecule has 0 aliphatic heterocycles. The summed E-state index contributed by atoms with van der Waals surface area (Å²) in [4.78, 5) is 11.3. The van der Waals surface area contributed by atoms with Gasteiger partial charge in [0.1, 0.15) is 5.60 Å². The van der Waals surface area contributed by atoms with E-state index in [4.69, 9.17) is 4.74 Å². The Morgan fingerprint density at radius 2 is 1.94 bits per heavy atom. The van der Waals surface area contributed by atoms with Crippen LogP contribution in [-0.4, -0.2) is 18.2 Å². The molecule has 0 rings (SSSR count). The molecule has 0 unspecified atom stereocenters. The van der Waals surface area contributed by atoms with E-state index in [9.17, 15) is 4.79 Å². The molecule has 0 bridgehead atoms. The Kier molecular flexibility index (Phi) is 7.35. The highest BCUT2D eigenvalue weighted by atomic mass is 16.6. The summed E-state index contributed by atoms with van der Waals surface area (Å²) in [6.07, 6.45) is 8.62. The number of nitrogens with one attached hydrogen (secondary N) is 1. The lowest BCUT2D eigenvalue weighted by atomic mass is 10.2. The number of carbonyl (C=O) groups is 1. The predicted octanol–water partition coefficient (Wildman–Crippen LogP) is 3.67. The molecule has 0 saturated heterocycles. The van der Waals surface area contributed by atoms with E-state index in [2.05, 4.69) is 25.2 Å². The summed E-state index contributed by atoms with van der Waals surface area (Å²) < 4.78 is 5.11. The maximum absolute atomic E-state index is 11.3. The SMILES string of the molecule is CC(C)C=CC=CCCNC(=O)OC(C)(C)C. The van der Waals surface area contributed by atoms with E-state index in [1.807, 2.05) is 39.0 Å². The summed E-state index contributed by atoms with van der Waals surface area (Å²) in [5, 5.41) is 2.70. The lowest BCUT2D eigenvalue weighted by molar-refractivity contribution is 0.0529. The minimum absolute atomic E-state index is 0.358. The number of hydrogen-bond acceptors (Lipinski definition) is 2. The maximum atomic E-state index is 11.3. The molecule has 0 aromatic carbocycles. The Hall–Kier alpha value is -1.25. The van der Waals surface area contributed by atoms with Crippen LogP contribution in [0.3, 0.4) is 0 Å². The number of rotatable bonds is 5. The number of amides is 1. The molecule has 1 amide bonds. The van der Waals surface area contributed by atoms with Gasteiger partial charge in [-0.3, -0.25) is 0 Å². The second-order valence-corrected chi connectivity index (χ2v) is 5.27. The van der Waals surface area contributed by atoms with Crippen LogP contribution in [0.15, 0.2) is 24.3 Å². The molecule has 17 heavy (non-hydrogen) atoms. The van der Waals surface area contributed by atoms with Crippen LogP contribution in [0.25, 0.3) is 0 Å². The summed E-state index contributed by atoms with van der Waals surface area (Å²) in [6.45, 7) is 10.4. The molecule has 0 spiro atoms. The van der Waals surface area contributed by atoms with Crippen LogP contribution in [0.1, 0.15) is 41.0 Å². The van der Waals surface area contributed by atoms with Gasteiger partial charge in [0.15, 0.2) is 0 Å². The van der Waals surface area contributed by atoms with E-state index in [1.54, 1.807) is 0 Å². The topological polar surface area (TPSA) is 38.3 Å². The lowest BCUT2D eigenvalue weighted by Gasteiger charge is -2.19. The number of hydrogen-bond donors (Lipinski definition) is 1. The molecule has 0 saturated carbocycles. The van der Waals surface area contributed by atoms with Crippen molar-refractivity contribution in [2.75, 3.05) is 6.54 Å². The van der Waals surface area contributed by atoms with Gasteiger partial charge in [0.25, 0.3) is 0 Å². The number of allylic oxidation sites excluding steroid dienone is 3. The van der Waals surface area contributed by atoms with Crippen molar-refractivity contribution in [1.29, 1.82) is 0 Å². The number of ether oxygens (including phenoxy) is 1. The van der Waals surface area contributed by atoms with Gasteiger partial charge in [-0.15, -0.1) is 0 Å². The third-order valence-electron chi connectivity index (χ3n) is 1.72. The minimum atomic E-state index is -0.431.